The van der Waals surface area contributed by atoms with Crippen LogP contribution in [0.1, 0.15) is 15.9 Å². The number of hydrogen-bond acceptors (Lipinski definition) is 4. The quantitative estimate of drug-likeness (QED) is 0.785. The van der Waals surface area contributed by atoms with Crippen molar-refractivity contribution in [3.63, 3.8) is 0 Å². The summed E-state index contributed by atoms with van der Waals surface area (Å²) >= 11 is 2.95. The van der Waals surface area contributed by atoms with Crippen LogP contribution in [0.3, 0.4) is 0 Å². The van der Waals surface area contributed by atoms with Gasteiger partial charge in [0, 0.05) is 10.5 Å². The average Bonchev–Trinajstić information content (AvgIpc) is 2.28. The Morgan fingerprint density at radius 3 is 2.50 bits per heavy atom. The summed E-state index contributed by atoms with van der Waals surface area (Å²) in [6, 6.07) is 3.50. The van der Waals surface area contributed by atoms with Crippen molar-refractivity contribution in [3.8, 4) is 11.8 Å². The molecule has 0 aliphatic rings. The van der Waals surface area contributed by atoms with Crippen molar-refractivity contribution >= 4 is 21.9 Å². The number of hydrogen-bond donors (Lipinski definition) is 0. The number of methoxy groups -OCH3 is 1. The summed E-state index contributed by atoms with van der Waals surface area (Å²) in [4.78, 5) is 11.3. The summed E-state index contributed by atoms with van der Waals surface area (Å²) in [5, 5.41) is 8.69. The summed E-state index contributed by atoms with van der Waals surface area (Å²) in [7, 11) is 1.02. The zero-order valence-corrected chi connectivity index (χ0v) is 10.4. The molecule has 0 saturated carbocycles. The summed E-state index contributed by atoms with van der Waals surface area (Å²) in [5.74, 6) is -1.78. The minimum Gasteiger partial charge on any atom is -0.465 e. The van der Waals surface area contributed by atoms with Crippen molar-refractivity contribution in [2.24, 2.45) is 0 Å². The van der Waals surface area contributed by atoms with Gasteiger partial charge in [0.25, 0.3) is 0 Å². The van der Waals surface area contributed by atoms with Gasteiger partial charge in [0.1, 0.15) is 17.4 Å². The summed E-state index contributed by atoms with van der Waals surface area (Å²) in [6.45, 7) is 0. The lowest BCUT2D eigenvalue weighted by Gasteiger charge is -2.13. The predicted octanol–water partition coefficient (Wildman–Crippen LogP) is 3.01. The predicted molar refractivity (Wildman–Crippen MR) is 56.9 cm³/mol. The molecule has 0 aromatic heterocycles. The van der Waals surface area contributed by atoms with Crippen LogP contribution >= 0.6 is 15.9 Å². The number of alkyl halides is 3. The van der Waals surface area contributed by atoms with Crippen LogP contribution in [0.4, 0.5) is 13.2 Å². The van der Waals surface area contributed by atoms with Crippen LogP contribution in [0.5, 0.6) is 5.75 Å². The van der Waals surface area contributed by atoms with E-state index < -0.39 is 23.6 Å². The van der Waals surface area contributed by atoms with Gasteiger partial charge in [-0.1, -0.05) is 0 Å². The van der Waals surface area contributed by atoms with E-state index in [4.69, 9.17) is 5.26 Å². The van der Waals surface area contributed by atoms with Crippen LogP contribution < -0.4 is 4.74 Å². The van der Waals surface area contributed by atoms with E-state index in [0.717, 1.165) is 19.2 Å². The molecule has 0 aliphatic carbocycles. The maximum atomic E-state index is 12.2. The van der Waals surface area contributed by atoms with Gasteiger partial charge in [-0.05, 0) is 22.0 Å². The minimum absolute atomic E-state index is 0.0955. The van der Waals surface area contributed by atoms with Gasteiger partial charge in [0.05, 0.1) is 12.7 Å². The van der Waals surface area contributed by atoms with Gasteiger partial charge in [0.15, 0.2) is 0 Å². The summed E-state index contributed by atoms with van der Waals surface area (Å²) in [6.07, 6.45) is -4.97. The third kappa shape index (κ3) is 3.37. The maximum Gasteiger partial charge on any atom is 0.573 e. The topological polar surface area (TPSA) is 59.3 Å². The number of benzene rings is 1. The molecule has 0 fully saturated rings. The fraction of sp³-hybridized carbons (Fsp3) is 0.200. The Bertz CT molecular complexity index is 522. The molecule has 0 spiro atoms. The molecular formula is C10H5BrF3NO3. The highest BCUT2D eigenvalue weighted by Crippen LogP contribution is 2.31. The van der Waals surface area contributed by atoms with Gasteiger partial charge < -0.3 is 9.47 Å². The van der Waals surface area contributed by atoms with Gasteiger partial charge >= 0.3 is 12.3 Å². The fourth-order valence-electron chi connectivity index (χ4n) is 1.12. The van der Waals surface area contributed by atoms with E-state index in [1.165, 1.54) is 0 Å². The number of carbonyl (C=O) groups excluding carboxylic acids is 1. The Kier molecular flexibility index (Phi) is 4.19. The van der Waals surface area contributed by atoms with Gasteiger partial charge in [0.2, 0.25) is 0 Å². The van der Waals surface area contributed by atoms with E-state index in [-0.39, 0.29) is 10.0 Å². The Labute approximate surface area is 108 Å². The molecule has 0 bridgehead atoms. The standard InChI is InChI=1S/C10H5BrF3NO3/c1-17-9(16)6-3-7(11)5(4-15)2-8(6)18-10(12,13)14/h2-3H,1H3. The highest BCUT2D eigenvalue weighted by molar-refractivity contribution is 9.10. The SMILES string of the molecule is COC(=O)c1cc(Br)c(C#N)cc1OC(F)(F)F. The van der Waals surface area contributed by atoms with Crippen LogP contribution in [0.25, 0.3) is 0 Å². The molecule has 1 rings (SSSR count). The molecule has 8 heteroatoms. The lowest BCUT2D eigenvalue weighted by molar-refractivity contribution is -0.274. The summed E-state index contributed by atoms with van der Waals surface area (Å²) in [5.41, 5.74) is -0.525. The van der Waals surface area contributed by atoms with Crippen molar-refractivity contribution in [1.82, 2.24) is 0 Å². The molecule has 96 valence electrons. The molecule has 4 nitrogen and oxygen atoms in total. The van der Waals surface area contributed by atoms with Gasteiger partial charge in [-0.2, -0.15) is 5.26 Å². The molecule has 1 aromatic carbocycles. The third-order valence-corrected chi connectivity index (χ3v) is 2.48. The van der Waals surface area contributed by atoms with Crippen molar-refractivity contribution in [3.05, 3.63) is 27.7 Å². The third-order valence-electron chi connectivity index (χ3n) is 1.82. The van der Waals surface area contributed by atoms with Gasteiger partial charge in [-0.25, -0.2) is 4.79 Å². The first-order chi connectivity index (χ1) is 8.28. The van der Waals surface area contributed by atoms with Crippen molar-refractivity contribution in [2.75, 3.05) is 7.11 Å². The van der Waals surface area contributed by atoms with E-state index in [0.29, 0.717) is 0 Å². The Balaban J connectivity index is 3.36. The molecule has 0 radical (unpaired) electrons. The van der Waals surface area contributed by atoms with Crippen molar-refractivity contribution < 1.29 is 27.4 Å². The van der Waals surface area contributed by atoms with E-state index in [1.807, 2.05) is 0 Å². The first-order valence-corrected chi connectivity index (χ1v) is 5.15. The number of esters is 1. The zero-order valence-electron chi connectivity index (χ0n) is 8.84. The number of nitrogens with zero attached hydrogens (tertiary/aromatic N) is 1. The van der Waals surface area contributed by atoms with Crippen LogP contribution in [-0.4, -0.2) is 19.4 Å². The molecule has 0 aliphatic heterocycles. The van der Waals surface area contributed by atoms with Crippen LogP contribution in [0, 0.1) is 11.3 Å². The Morgan fingerprint density at radius 2 is 2.06 bits per heavy atom. The molecule has 0 heterocycles. The molecule has 0 atom stereocenters. The second-order valence-corrected chi connectivity index (χ2v) is 3.83. The van der Waals surface area contributed by atoms with E-state index >= 15 is 0 Å². The second kappa shape index (κ2) is 5.27. The molecule has 0 unspecified atom stereocenters. The smallest absolute Gasteiger partial charge is 0.465 e. The monoisotopic (exact) mass is 323 g/mol. The summed E-state index contributed by atoms with van der Waals surface area (Å²) < 4.78 is 44.6. The van der Waals surface area contributed by atoms with E-state index in [2.05, 4.69) is 25.4 Å². The molecule has 0 N–H and O–H groups in total. The lowest BCUT2D eigenvalue weighted by atomic mass is 10.1. The second-order valence-electron chi connectivity index (χ2n) is 2.98. The number of halogens is 4. The minimum atomic E-state index is -4.97. The lowest BCUT2D eigenvalue weighted by Crippen LogP contribution is -2.19. The highest BCUT2D eigenvalue weighted by Gasteiger charge is 2.33. The highest BCUT2D eigenvalue weighted by atomic mass is 79.9. The van der Waals surface area contributed by atoms with Crippen LogP contribution in [0.15, 0.2) is 16.6 Å². The van der Waals surface area contributed by atoms with E-state index in [9.17, 15) is 18.0 Å². The number of carbonyl (C=O) groups is 1. The fourth-order valence-corrected chi connectivity index (χ4v) is 1.55. The zero-order chi connectivity index (χ0) is 13.9. The molecule has 0 amide bonds. The largest absolute Gasteiger partial charge is 0.573 e. The molecule has 18 heavy (non-hydrogen) atoms. The Hall–Kier alpha value is -1.75. The Morgan fingerprint density at radius 1 is 1.44 bits per heavy atom. The molecule has 1 aromatic rings. The maximum absolute atomic E-state index is 12.2. The first kappa shape index (κ1) is 14.3. The number of nitriles is 1. The molecular weight excluding hydrogens is 319 g/mol. The number of rotatable bonds is 2. The number of ether oxygens (including phenoxy) is 2. The van der Waals surface area contributed by atoms with Crippen molar-refractivity contribution in [1.29, 1.82) is 5.26 Å². The van der Waals surface area contributed by atoms with E-state index in [1.54, 1.807) is 6.07 Å². The first-order valence-electron chi connectivity index (χ1n) is 4.36. The van der Waals surface area contributed by atoms with Crippen molar-refractivity contribution in [2.45, 2.75) is 6.36 Å². The van der Waals surface area contributed by atoms with Crippen LogP contribution in [0.2, 0.25) is 0 Å². The average molecular weight is 324 g/mol. The molecule has 0 saturated heterocycles. The normalized spacial score (nSPS) is 10.7. The van der Waals surface area contributed by atoms with Crippen LogP contribution in [-0.2, 0) is 4.74 Å². The van der Waals surface area contributed by atoms with Gasteiger partial charge in [-0.3, -0.25) is 0 Å². The van der Waals surface area contributed by atoms with Gasteiger partial charge in [-0.15, -0.1) is 13.2 Å².